The minimum absolute atomic E-state index is 0.00690. The van der Waals surface area contributed by atoms with Gasteiger partial charge >= 0.3 is 5.97 Å². The van der Waals surface area contributed by atoms with Gasteiger partial charge in [-0.15, -0.1) is 0 Å². The minimum atomic E-state index is -3.39. The van der Waals surface area contributed by atoms with E-state index in [9.17, 15) is 13.2 Å². The number of esters is 1. The second-order valence-electron chi connectivity index (χ2n) is 4.73. The van der Waals surface area contributed by atoms with Crippen LogP contribution in [0.2, 0.25) is 0 Å². The zero-order valence-corrected chi connectivity index (χ0v) is 11.8. The average Bonchev–Trinajstić information content (AvgIpc) is 2.36. The van der Waals surface area contributed by atoms with Gasteiger partial charge in [0.05, 0.1) is 19.3 Å². The molecule has 7 heteroatoms. The zero-order valence-electron chi connectivity index (χ0n) is 11.0. The van der Waals surface area contributed by atoms with Crippen LogP contribution in [0.4, 0.5) is 0 Å². The second-order valence-corrected chi connectivity index (χ2v) is 6.88. The Bertz CT molecular complexity index is 375. The summed E-state index contributed by atoms with van der Waals surface area (Å²) in [7, 11) is -0.562. The van der Waals surface area contributed by atoms with E-state index >= 15 is 0 Å². The van der Waals surface area contributed by atoms with Crippen molar-refractivity contribution in [2.75, 3.05) is 19.9 Å². The Morgan fingerprint density at radius 3 is 2.39 bits per heavy atom. The molecule has 1 fully saturated rings. The minimum Gasteiger partial charge on any atom is -0.469 e. The van der Waals surface area contributed by atoms with Crippen LogP contribution in [0, 0.1) is 0 Å². The molecule has 0 atom stereocenters. The number of rotatable bonds is 5. The highest BCUT2D eigenvalue weighted by Crippen LogP contribution is 2.23. The summed E-state index contributed by atoms with van der Waals surface area (Å²) in [5.74, 6) is -0.698. The van der Waals surface area contributed by atoms with E-state index in [1.165, 1.54) is 11.4 Å². The highest BCUT2D eigenvalue weighted by Gasteiger charge is 2.29. The first kappa shape index (κ1) is 15.4. The maximum atomic E-state index is 12.0. The SMILES string of the molecule is COC(=O)CCS(=O)(=O)N(C)C1CCC(N)CC1. The van der Waals surface area contributed by atoms with E-state index in [2.05, 4.69) is 4.74 Å². The van der Waals surface area contributed by atoms with Gasteiger partial charge in [-0.2, -0.15) is 0 Å². The predicted octanol–water partition coefficient (Wildman–Crippen LogP) is 0.0810. The average molecular weight is 278 g/mol. The molecule has 2 N–H and O–H groups in total. The van der Waals surface area contributed by atoms with Crippen LogP contribution < -0.4 is 5.73 Å². The van der Waals surface area contributed by atoms with E-state index < -0.39 is 16.0 Å². The molecule has 1 saturated carbocycles. The monoisotopic (exact) mass is 278 g/mol. The number of carbonyl (C=O) groups is 1. The van der Waals surface area contributed by atoms with Crippen LogP contribution in [0.15, 0.2) is 0 Å². The number of nitrogens with zero attached hydrogens (tertiary/aromatic N) is 1. The standard InChI is InChI=1S/C11H22N2O4S/c1-13(10-5-3-9(12)4-6-10)18(15,16)8-7-11(14)17-2/h9-10H,3-8,12H2,1-2H3. The molecule has 0 bridgehead atoms. The van der Waals surface area contributed by atoms with Crippen molar-refractivity contribution in [3.8, 4) is 0 Å². The highest BCUT2D eigenvalue weighted by molar-refractivity contribution is 7.89. The Hall–Kier alpha value is -0.660. The Labute approximate surface area is 109 Å². The van der Waals surface area contributed by atoms with Gasteiger partial charge in [-0.05, 0) is 25.7 Å². The van der Waals surface area contributed by atoms with Gasteiger partial charge in [-0.25, -0.2) is 12.7 Å². The topological polar surface area (TPSA) is 89.7 Å². The quantitative estimate of drug-likeness (QED) is 0.719. The van der Waals surface area contributed by atoms with Crippen molar-refractivity contribution < 1.29 is 17.9 Å². The van der Waals surface area contributed by atoms with Crippen LogP contribution >= 0.6 is 0 Å². The molecule has 1 rings (SSSR count). The van der Waals surface area contributed by atoms with Gasteiger partial charge < -0.3 is 10.5 Å². The number of hydrogen-bond donors (Lipinski definition) is 1. The van der Waals surface area contributed by atoms with Gasteiger partial charge in [0, 0.05) is 19.1 Å². The van der Waals surface area contributed by atoms with E-state index in [0.717, 1.165) is 25.7 Å². The van der Waals surface area contributed by atoms with Crippen LogP contribution in [-0.2, 0) is 19.6 Å². The van der Waals surface area contributed by atoms with E-state index in [1.807, 2.05) is 0 Å². The van der Waals surface area contributed by atoms with Crippen LogP contribution in [-0.4, -0.2) is 50.7 Å². The molecule has 0 aromatic rings. The highest BCUT2D eigenvalue weighted by atomic mass is 32.2. The number of methoxy groups -OCH3 is 1. The van der Waals surface area contributed by atoms with Crippen LogP contribution in [0.1, 0.15) is 32.1 Å². The molecular weight excluding hydrogens is 256 g/mol. The van der Waals surface area contributed by atoms with Crippen molar-refractivity contribution in [2.45, 2.75) is 44.2 Å². The van der Waals surface area contributed by atoms with E-state index in [1.54, 1.807) is 7.05 Å². The summed E-state index contributed by atoms with van der Waals surface area (Å²) in [6.45, 7) is 0. The van der Waals surface area contributed by atoms with E-state index in [4.69, 9.17) is 5.73 Å². The molecule has 0 heterocycles. The van der Waals surface area contributed by atoms with Crippen molar-refractivity contribution in [1.82, 2.24) is 4.31 Å². The van der Waals surface area contributed by atoms with E-state index in [-0.39, 0.29) is 24.3 Å². The number of hydrogen-bond acceptors (Lipinski definition) is 5. The van der Waals surface area contributed by atoms with Crippen molar-refractivity contribution in [1.29, 1.82) is 0 Å². The molecule has 0 amide bonds. The lowest BCUT2D eigenvalue weighted by molar-refractivity contribution is -0.140. The lowest BCUT2D eigenvalue weighted by Gasteiger charge is -2.32. The largest absolute Gasteiger partial charge is 0.469 e. The maximum absolute atomic E-state index is 12.0. The van der Waals surface area contributed by atoms with Gasteiger partial charge in [-0.3, -0.25) is 4.79 Å². The fraction of sp³-hybridized carbons (Fsp3) is 0.909. The third-order valence-corrected chi connectivity index (χ3v) is 5.38. The fourth-order valence-electron chi connectivity index (χ4n) is 2.15. The predicted molar refractivity (Wildman–Crippen MR) is 68.4 cm³/mol. The molecule has 0 spiro atoms. The van der Waals surface area contributed by atoms with Gasteiger partial charge in [0.15, 0.2) is 0 Å². The normalized spacial score (nSPS) is 25.1. The summed E-state index contributed by atoms with van der Waals surface area (Å²) in [6.07, 6.45) is 3.17. The molecular formula is C11H22N2O4S. The molecule has 0 radical (unpaired) electrons. The smallest absolute Gasteiger partial charge is 0.306 e. The molecule has 18 heavy (non-hydrogen) atoms. The summed E-state index contributed by atoms with van der Waals surface area (Å²) in [5.41, 5.74) is 5.79. The molecule has 0 unspecified atom stereocenters. The third kappa shape index (κ3) is 4.22. The third-order valence-electron chi connectivity index (χ3n) is 3.49. The van der Waals surface area contributed by atoms with Crippen molar-refractivity contribution >= 4 is 16.0 Å². The van der Waals surface area contributed by atoms with Crippen molar-refractivity contribution in [2.24, 2.45) is 5.73 Å². The fourth-order valence-corrected chi connectivity index (χ4v) is 3.53. The van der Waals surface area contributed by atoms with Gasteiger partial charge in [0.25, 0.3) is 0 Å². The summed E-state index contributed by atoms with van der Waals surface area (Å²) >= 11 is 0. The van der Waals surface area contributed by atoms with Crippen molar-refractivity contribution in [3.05, 3.63) is 0 Å². The molecule has 106 valence electrons. The summed E-state index contributed by atoms with van der Waals surface area (Å²) in [6, 6.07) is 0.194. The van der Waals surface area contributed by atoms with Crippen molar-refractivity contribution in [3.63, 3.8) is 0 Å². The summed E-state index contributed by atoms with van der Waals surface area (Å²) in [4.78, 5) is 11.0. The Kier molecular flexibility index (Phi) is 5.55. The first-order valence-electron chi connectivity index (χ1n) is 6.15. The molecule has 0 aromatic heterocycles. The first-order valence-corrected chi connectivity index (χ1v) is 7.76. The zero-order chi connectivity index (χ0) is 13.8. The number of carbonyl (C=O) groups excluding carboxylic acids is 1. The van der Waals surface area contributed by atoms with Crippen LogP contribution in [0.3, 0.4) is 0 Å². The Balaban J connectivity index is 2.53. The number of ether oxygens (including phenoxy) is 1. The Morgan fingerprint density at radius 1 is 1.33 bits per heavy atom. The molecule has 0 aliphatic heterocycles. The van der Waals surface area contributed by atoms with Gasteiger partial charge in [-0.1, -0.05) is 0 Å². The molecule has 1 aliphatic rings. The summed E-state index contributed by atoms with van der Waals surface area (Å²) < 4.78 is 29.9. The molecule has 6 nitrogen and oxygen atoms in total. The van der Waals surface area contributed by atoms with Gasteiger partial charge in [0.1, 0.15) is 0 Å². The molecule has 0 aromatic carbocycles. The van der Waals surface area contributed by atoms with Crippen LogP contribution in [0.25, 0.3) is 0 Å². The molecule has 1 aliphatic carbocycles. The van der Waals surface area contributed by atoms with Gasteiger partial charge in [0.2, 0.25) is 10.0 Å². The summed E-state index contributed by atoms with van der Waals surface area (Å²) in [5, 5.41) is 0. The number of nitrogens with two attached hydrogens (primary N) is 1. The maximum Gasteiger partial charge on any atom is 0.306 e. The van der Waals surface area contributed by atoms with Crippen LogP contribution in [0.5, 0.6) is 0 Å². The first-order chi connectivity index (χ1) is 8.36. The second kappa shape index (κ2) is 6.49. The molecule has 0 saturated heterocycles. The van der Waals surface area contributed by atoms with E-state index in [0.29, 0.717) is 0 Å². The lowest BCUT2D eigenvalue weighted by Crippen LogP contribution is -2.42. The lowest BCUT2D eigenvalue weighted by atomic mass is 9.92. The number of sulfonamides is 1. The Morgan fingerprint density at radius 2 is 1.89 bits per heavy atom.